The first kappa shape index (κ1) is 12.5. The lowest BCUT2D eigenvalue weighted by atomic mass is 10.1. The summed E-state index contributed by atoms with van der Waals surface area (Å²) >= 11 is 3.01. The summed E-state index contributed by atoms with van der Waals surface area (Å²) in [5, 5.41) is 8.83. The van der Waals surface area contributed by atoms with Crippen molar-refractivity contribution < 1.29 is 4.39 Å². The molecule has 17 heavy (non-hydrogen) atoms. The summed E-state index contributed by atoms with van der Waals surface area (Å²) < 4.78 is 14.7. The second-order valence-electron chi connectivity index (χ2n) is 3.47. The monoisotopic (exact) mass is 269 g/mol. The Morgan fingerprint density at radius 1 is 1.35 bits per heavy atom. The van der Waals surface area contributed by atoms with E-state index in [4.69, 9.17) is 5.73 Å². The van der Waals surface area contributed by atoms with E-state index in [-0.39, 0.29) is 12.4 Å². The van der Waals surface area contributed by atoms with Gasteiger partial charge in [-0.1, -0.05) is 41.3 Å². The Kier molecular flexibility index (Phi) is 4.09. The molecule has 0 aliphatic carbocycles. The highest BCUT2D eigenvalue weighted by Crippen LogP contribution is 2.27. The molecule has 0 fully saturated rings. The van der Waals surface area contributed by atoms with Gasteiger partial charge in [0, 0.05) is 17.9 Å². The highest BCUT2D eigenvalue weighted by Gasteiger charge is 2.08. The van der Waals surface area contributed by atoms with Crippen LogP contribution in [0.4, 0.5) is 4.39 Å². The fraction of sp³-hybridized carbons (Fsp3) is 0.273. The molecule has 0 saturated heterocycles. The van der Waals surface area contributed by atoms with Crippen molar-refractivity contribution in [3.05, 3.63) is 40.2 Å². The number of hydrogen-bond acceptors (Lipinski definition) is 5. The second kappa shape index (κ2) is 5.57. The largest absolute Gasteiger partial charge is 0.326 e. The molecule has 0 radical (unpaired) electrons. The van der Waals surface area contributed by atoms with Gasteiger partial charge < -0.3 is 5.73 Å². The van der Waals surface area contributed by atoms with E-state index in [0.29, 0.717) is 16.9 Å². The van der Waals surface area contributed by atoms with Crippen LogP contribution in [0.3, 0.4) is 0 Å². The standard InChI is InChI=1S/C11H12FN3S2/c1-7-14-15-11(17-7)16-6-9-4-2-3-8(5-13)10(9)12/h2-4H,5-6,13H2,1H3. The van der Waals surface area contributed by atoms with Gasteiger partial charge in [0.15, 0.2) is 4.34 Å². The van der Waals surface area contributed by atoms with Crippen LogP contribution in [-0.4, -0.2) is 10.2 Å². The molecule has 3 nitrogen and oxygen atoms in total. The van der Waals surface area contributed by atoms with Crippen LogP contribution < -0.4 is 5.73 Å². The Labute approximate surface area is 107 Å². The quantitative estimate of drug-likeness (QED) is 0.867. The first-order valence-electron chi connectivity index (χ1n) is 5.10. The van der Waals surface area contributed by atoms with E-state index in [1.54, 1.807) is 12.1 Å². The number of nitrogens with zero attached hydrogens (tertiary/aromatic N) is 2. The predicted molar refractivity (Wildman–Crippen MR) is 68.5 cm³/mol. The molecule has 90 valence electrons. The number of thioether (sulfide) groups is 1. The normalized spacial score (nSPS) is 10.8. The van der Waals surface area contributed by atoms with Gasteiger partial charge in [-0.15, -0.1) is 10.2 Å². The fourth-order valence-corrected chi connectivity index (χ4v) is 3.17. The molecule has 1 aromatic heterocycles. The van der Waals surface area contributed by atoms with Gasteiger partial charge in [0.05, 0.1) is 0 Å². The van der Waals surface area contributed by atoms with Gasteiger partial charge in [0.25, 0.3) is 0 Å². The molecule has 0 atom stereocenters. The van der Waals surface area contributed by atoms with E-state index in [1.165, 1.54) is 23.1 Å². The van der Waals surface area contributed by atoms with Gasteiger partial charge in [0.2, 0.25) is 0 Å². The zero-order valence-electron chi connectivity index (χ0n) is 9.31. The molecule has 2 N–H and O–H groups in total. The van der Waals surface area contributed by atoms with E-state index >= 15 is 0 Å². The molecule has 2 rings (SSSR count). The van der Waals surface area contributed by atoms with Crippen LogP contribution in [0.2, 0.25) is 0 Å². The predicted octanol–water partition coefficient (Wildman–Crippen LogP) is 2.74. The van der Waals surface area contributed by atoms with Crippen molar-refractivity contribution in [2.24, 2.45) is 5.73 Å². The molecular weight excluding hydrogens is 257 g/mol. The average Bonchev–Trinajstić information content (AvgIpc) is 2.74. The van der Waals surface area contributed by atoms with Gasteiger partial charge in [-0.05, 0) is 12.5 Å². The number of hydrogen-bond donors (Lipinski definition) is 1. The Hall–Kier alpha value is -0.980. The van der Waals surface area contributed by atoms with Crippen molar-refractivity contribution in [2.75, 3.05) is 0 Å². The lowest BCUT2D eigenvalue weighted by molar-refractivity contribution is 0.600. The molecule has 0 spiro atoms. The van der Waals surface area contributed by atoms with Crippen molar-refractivity contribution >= 4 is 23.1 Å². The molecule has 0 saturated carbocycles. The minimum absolute atomic E-state index is 0.205. The van der Waals surface area contributed by atoms with Crippen molar-refractivity contribution in [1.82, 2.24) is 10.2 Å². The number of halogens is 1. The zero-order valence-corrected chi connectivity index (χ0v) is 10.9. The van der Waals surface area contributed by atoms with E-state index < -0.39 is 0 Å². The van der Waals surface area contributed by atoms with Gasteiger partial charge in [-0.2, -0.15) is 0 Å². The summed E-state index contributed by atoms with van der Waals surface area (Å²) in [6.45, 7) is 2.12. The van der Waals surface area contributed by atoms with Crippen molar-refractivity contribution in [3.63, 3.8) is 0 Å². The maximum Gasteiger partial charge on any atom is 0.174 e. The summed E-state index contributed by atoms with van der Waals surface area (Å²) in [6.07, 6.45) is 0. The first-order valence-corrected chi connectivity index (χ1v) is 6.90. The summed E-state index contributed by atoms with van der Waals surface area (Å²) in [6, 6.07) is 5.31. The number of aryl methyl sites for hydroxylation is 1. The average molecular weight is 269 g/mol. The third kappa shape index (κ3) is 3.02. The van der Waals surface area contributed by atoms with Gasteiger partial charge in [-0.25, -0.2) is 4.39 Å². The van der Waals surface area contributed by atoms with Gasteiger partial charge in [-0.3, -0.25) is 0 Å². The number of benzene rings is 1. The first-order chi connectivity index (χ1) is 8.20. The Bertz CT molecular complexity index is 513. The molecule has 6 heteroatoms. The number of rotatable bonds is 4. The number of aromatic nitrogens is 2. The smallest absolute Gasteiger partial charge is 0.174 e. The molecule has 0 amide bonds. The van der Waals surface area contributed by atoms with Crippen LogP contribution in [0, 0.1) is 12.7 Å². The Balaban J connectivity index is 2.09. The Morgan fingerprint density at radius 2 is 2.12 bits per heavy atom. The van der Waals surface area contributed by atoms with Crippen molar-refractivity contribution in [2.45, 2.75) is 23.6 Å². The Morgan fingerprint density at radius 3 is 2.76 bits per heavy atom. The van der Waals surface area contributed by atoms with Crippen LogP contribution in [0.5, 0.6) is 0 Å². The summed E-state index contributed by atoms with van der Waals surface area (Å²) in [5.41, 5.74) is 6.67. The summed E-state index contributed by atoms with van der Waals surface area (Å²) in [5.74, 6) is 0.345. The molecule has 1 heterocycles. The summed E-state index contributed by atoms with van der Waals surface area (Å²) in [7, 11) is 0. The van der Waals surface area contributed by atoms with Crippen LogP contribution in [0.25, 0.3) is 0 Å². The number of nitrogens with two attached hydrogens (primary N) is 1. The topological polar surface area (TPSA) is 51.8 Å². The zero-order chi connectivity index (χ0) is 12.3. The fourth-order valence-electron chi connectivity index (χ4n) is 1.38. The van der Waals surface area contributed by atoms with E-state index in [0.717, 1.165) is 9.35 Å². The minimum Gasteiger partial charge on any atom is -0.326 e. The van der Waals surface area contributed by atoms with Crippen LogP contribution >= 0.6 is 23.1 Å². The molecule has 0 bridgehead atoms. The van der Waals surface area contributed by atoms with Crippen LogP contribution in [0.15, 0.2) is 22.5 Å². The minimum atomic E-state index is -0.205. The SMILES string of the molecule is Cc1nnc(SCc2cccc(CN)c2F)s1. The maximum absolute atomic E-state index is 13.9. The lowest BCUT2D eigenvalue weighted by Gasteiger charge is -2.05. The van der Waals surface area contributed by atoms with Crippen molar-refractivity contribution in [1.29, 1.82) is 0 Å². The van der Waals surface area contributed by atoms with Crippen LogP contribution in [0.1, 0.15) is 16.1 Å². The van der Waals surface area contributed by atoms with Gasteiger partial charge >= 0.3 is 0 Å². The van der Waals surface area contributed by atoms with E-state index in [2.05, 4.69) is 10.2 Å². The molecular formula is C11H12FN3S2. The lowest BCUT2D eigenvalue weighted by Crippen LogP contribution is -2.02. The second-order valence-corrected chi connectivity index (χ2v) is 5.87. The van der Waals surface area contributed by atoms with Gasteiger partial charge in [0.1, 0.15) is 10.8 Å². The van der Waals surface area contributed by atoms with Crippen molar-refractivity contribution in [3.8, 4) is 0 Å². The highest BCUT2D eigenvalue weighted by atomic mass is 32.2. The highest BCUT2D eigenvalue weighted by molar-refractivity contribution is 8.00. The van der Waals surface area contributed by atoms with E-state index in [1.807, 2.05) is 13.0 Å². The summed E-state index contributed by atoms with van der Waals surface area (Å²) in [4.78, 5) is 0. The van der Waals surface area contributed by atoms with Crippen LogP contribution in [-0.2, 0) is 12.3 Å². The molecule has 0 unspecified atom stereocenters. The van der Waals surface area contributed by atoms with E-state index in [9.17, 15) is 4.39 Å². The maximum atomic E-state index is 13.9. The molecule has 2 aromatic rings. The molecule has 1 aromatic carbocycles. The third-order valence-corrected chi connectivity index (χ3v) is 4.26. The molecule has 0 aliphatic heterocycles. The molecule has 0 aliphatic rings. The third-order valence-electron chi connectivity index (χ3n) is 2.24.